The van der Waals surface area contributed by atoms with E-state index >= 15 is 0 Å². The van der Waals surface area contributed by atoms with Gasteiger partial charge in [0, 0.05) is 44.2 Å². The van der Waals surface area contributed by atoms with Crippen LogP contribution in [0.4, 0.5) is 0 Å². The Hall–Kier alpha value is -6.92. The molecular formula is C44H28N6. The molecule has 0 aliphatic carbocycles. The van der Waals surface area contributed by atoms with E-state index < -0.39 is 0 Å². The molecule has 50 heavy (non-hydrogen) atoms. The molecule has 6 heteroatoms. The van der Waals surface area contributed by atoms with Gasteiger partial charge in [0.05, 0.1) is 16.9 Å². The summed E-state index contributed by atoms with van der Waals surface area (Å²) in [7, 11) is 0. The fraction of sp³-hybridized carbons (Fsp3) is 0. The third-order valence-corrected chi connectivity index (χ3v) is 8.72. The van der Waals surface area contributed by atoms with Gasteiger partial charge in [-0.15, -0.1) is 0 Å². The average Bonchev–Trinajstić information content (AvgIpc) is 3.21. The monoisotopic (exact) mass is 640 g/mol. The van der Waals surface area contributed by atoms with E-state index in [0.29, 0.717) is 23.3 Å². The highest BCUT2D eigenvalue weighted by molar-refractivity contribution is 6.08. The van der Waals surface area contributed by atoms with E-state index in [9.17, 15) is 0 Å². The zero-order valence-corrected chi connectivity index (χ0v) is 26.8. The highest BCUT2D eigenvalue weighted by Crippen LogP contribution is 2.35. The van der Waals surface area contributed by atoms with Gasteiger partial charge in [0.2, 0.25) is 0 Å². The molecule has 0 atom stereocenters. The topological polar surface area (TPSA) is 77.3 Å². The van der Waals surface area contributed by atoms with E-state index in [1.54, 1.807) is 0 Å². The summed E-state index contributed by atoms with van der Waals surface area (Å²) >= 11 is 0. The van der Waals surface area contributed by atoms with E-state index in [-0.39, 0.29) is 0 Å². The van der Waals surface area contributed by atoms with Gasteiger partial charge in [-0.2, -0.15) is 0 Å². The van der Waals surface area contributed by atoms with Gasteiger partial charge in [-0.1, -0.05) is 152 Å². The largest absolute Gasteiger partial charge is 0.245 e. The van der Waals surface area contributed by atoms with Crippen molar-refractivity contribution in [1.82, 2.24) is 29.9 Å². The van der Waals surface area contributed by atoms with Gasteiger partial charge >= 0.3 is 0 Å². The van der Waals surface area contributed by atoms with Crippen LogP contribution in [0.1, 0.15) is 0 Å². The van der Waals surface area contributed by atoms with E-state index in [1.165, 1.54) is 0 Å². The Kier molecular flexibility index (Phi) is 7.37. The molecule has 9 rings (SSSR count). The molecule has 0 saturated carbocycles. The molecular weight excluding hydrogens is 613 g/mol. The minimum Gasteiger partial charge on any atom is -0.245 e. The fourth-order valence-corrected chi connectivity index (χ4v) is 6.22. The quantitative estimate of drug-likeness (QED) is 0.168. The van der Waals surface area contributed by atoms with Crippen LogP contribution < -0.4 is 0 Å². The van der Waals surface area contributed by atoms with Crippen LogP contribution in [0, 0.1) is 0 Å². The molecule has 3 heterocycles. The molecule has 0 fully saturated rings. The van der Waals surface area contributed by atoms with E-state index in [1.807, 2.05) is 121 Å². The first-order valence-electron chi connectivity index (χ1n) is 16.5. The molecule has 0 unspecified atom stereocenters. The molecule has 0 saturated heterocycles. The van der Waals surface area contributed by atoms with Crippen molar-refractivity contribution >= 4 is 21.8 Å². The number of pyridine rings is 1. The molecule has 9 aromatic rings. The van der Waals surface area contributed by atoms with Crippen LogP contribution in [-0.4, -0.2) is 29.9 Å². The van der Waals surface area contributed by atoms with Crippen molar-refractivity contribution in [2.45, 2.75) is 0 Å². The van der Waals surface area contributed by atoms with Gasteiger partial charge in [0.1, 0.15) is 5.52 Å². The Bertz CT molecular complexity index is 2570. The van der Waals surface area contributed by atoms with Crippen LogP contribution in [0.3, 0.4) is 0 Å². The molecule has 0 aliphatic rings. The van der Waals surface area contributed by atoms with E-state index in [0.717, 1.165) is 66.6 Å². The number of aromatic nitrogens is 6. The molecule has 0 bridgehead atoms. The standard InChI is InChI=1S/C44H28N6/c1-5-14-29(15-6-1)37-27-25-30-24-26-36-38(46-41(31-16-7-2-8-17-31)47-40(36)39(30)45-37)34-22-13-23-35(28-34)44-49-42(32-18-9-3-10-19-32)48-43(50-44)33-20-11-4-12-21-33/h1-28H. The van der Waals surface area contributed by atoms with Gasteiger partial charge in [0.15, 0.2) is 23.3 Å². The summed E-state index contributed by atoms with van der Waals surface area (Å²) in [5, 5.41) is 1.93. The Balaban J connectivity index is 1.25. The summed E-state index contributed by atoms with van der Waals surface area (Å²) in [5.74, 6) is 2.45. The molecule has 6 aromatic carbocycles. The van der Waals surface area contributed by atoms with E-state index in [2.05, 4.69) is 48.5 Å². The molecule has 0 amide bonds. The number of benzene rings is 6. The van der Waals surface area contributed by atoms with Crippen molar-refractivity contribution in [3.8, 4) is 68.1 Å². The Morgan fingerprint density at radius 1 is 0.280 bits per heavy atom. The Morgan fingerprint density at radius 2 is 0.740 bits per heavy atom. The van der Waals surface area contributed by atoms with Gasteiger partial charge in [-0.25, -0.2) is 29.9 Å². The second-order valence-corrected chi connectivity index (χ2v) is 12.0. The molecule has 0 aliphatic heterocycles. The van der Waals surface area contributed by atoms with Gasteiger partial charge in [-0.3, -0.25) is 0 Å². The zero-order chi connectivity index (χ0) is 33.3. The molecule has 234 valence electrons. The summed E-state index contributed by atoms with van der Waals surface area (Å²) < 4.78 is 0. The lowest BCUT2D eigenvalue weighted by molar-refractivity contribution is 1.07. The molecule has 0 spiro atoms. The van der Waals surface area contributed by atoms with Crippen molar-refractivity contribution in [1.29, 1.82) is 0 Å². The first-order chi connectivity index (χ1) is 24.8. The number of fused-ring (bicyclic) bond motifs is 3. The van der Waals surface area contributed by atoms with Crippen LogP contribution in [0.2, 0.25) is 0 Å². The Labute approximate surface area is 288 Å². The second kappa shape index (κ2) is 12.6. The maximum absolute atomic E-state index is 5.20. The van der Waals surface area contributed by atoms with Crippen molar-refractivity contribution in [3.63, 3.8) is 0 Å². The SMILES string of the molecule is c1ccc(-c2ccc3ccc4c(-c5cccc(-c6nc(-c7ccccc7)nc(-c7ccccc7)n6)c5)nc(-c5ccccc5)nc4c3n2)cc1. The molecule has 3 aromatic heterocycles. The summed E-state index contributed by atoms with van der Waals surface area (Å²) in [6.07, 6.45) is 0. The highest BCUT2D eigenvalue weighted by atomic mass is 15.0. The molecule has 0 N–H and O–H groups in total. The smallest absolute Gasteiger partial charge is 0.164 e. The Morgan fingerprint density at radius 3 is 1.32 bits per heavy atom. The number of nitrogens with zero attached hydrogens (tertiary/aromatic N) is 6. The van der Waals surface area contributed by atoms with Crippen LogP contribution in [0.5, 0.6) is 0 Å². The average molecular weight is 641 g/mol. The van der Waals surface area contributed by atoms with Crippen LogP contribution >= 0.6 is 0 Å². The van der Waals surface area contributed by atoms with E-state index in [4.69, 9.17) is 29.9 Å². The fourth-order valence-electron chi connectivity index (χ4n) is 6.22. The van der Waals surface area contributed by atoms with Crippen LogP contribution in [0.15, 0.2) is 170 Å². The van der Waals surface area contributed by atoms with Crippen LogP contribution in [-0.2, 0) is 0 Å². The van der Waals surface area contributed by atoms with Crippen molar-refractivity contribution in [2.75, 3.05) is 0 Å². The summed E-state index contributed by atoms with van der Waals surface area (Å²) in [5.41, 5.74) is 8.95. The number of rotatable bonds is 6. The maximum Gasteiger partial charge on any atom is 0.164 e. The third-order valence-electron chi connectivity index (χ3n) is 8.72. The van der Waals surface area contributed by atoms with Gasteiger partial charge < -0.3 is 0 Å². The minimum atomic E-state index is 0.584. The minimum absolute atomic E-state index is 0.584. The van der Waals surface area contributed by atoms with Crippen molar-refractivity contribution in [2.24, 2.45) is 0 Å². The van der Waals surface area contributed by atoms with Gasteiger partial charge in [0.25, 0.3) is 0 Å². The number of hydrogen-bond acceptors (Lipinski definition) is 6. The predicted octanol–water partition coefficient (Wildman–Crippen LogP) is 10.4. The zero-order valence-electron chi connectivity index (χ0n) is 26.8. The summed E-state index contributed by atoms with van der Waals surface area (Å²) in [6, 6.07) is 57.0. The van der Waals surface area contributed by atoms with Crippen LogP contribution in [0.25, 0.3) is 89.9 Å². The summed E-state index contributed by atoms with van der Waals surface area (Å²) in [4.78, 5) is 30.4. The first-order valence-corrected chi connectivity index (χ1v) is 16.5. The normalized spacial score (nSPS) is 11.2. The molecule has 6 nitrogen and oxygen atoms in total. The number of hydrogen-bond donors (Lipinski definition) is 0. The highest BCUT2D eigenvalue weighted by Gasteiger charge is 2.17. The third kappa shape index (κ3) is 5.55. The predicted molar refractivity (Wildman–Crippen MR) is 201 cm³/mol. The first kappa shape index (κ1) is 29.2. The van der Waals surface area contributed by atoms with Crippen molar-refractivity contribution in [3.05, 3.63) is 170 Å². The second-order valence-electron chi connectivity index (χ2n) is 12.0. The lowest BCUT2D eigenvalue weighted by atomic mass is 10.0. The molecule has 0 radical (unpaired) electrons. The lowest BCUT2D eigenvalue weighted by Crippen LogP contribution is -2.00. The van der Waals surface area contributed by atoms with Gasteiger partial charge in [-0.05, 0) is 18.2 Å². The summed E-state index contributed by atoms with van der Waals surface area (Å²) in [6.45, 7) is 0. The lowest BCUT2D eigenvalue weighted by Gasteiger charge is -2.13. The maximum atomic E-state index is 5.20. The van der Waals surface area contributed by atoms with Crippen molar-refractivity contribution < 1.29 is 0 Å².